The second-order valence-electron chi connectivity index (χ2n) is 2.16. The molecule has 0 aliphatic rings. The van der Waals surface area contributed by atoms with Gasteiger partial charge in [-0.15, -0.1) is 0 Å². The van der Waals surface area contributed by atoms with E-state index in [1.807, 2.05) is 0 Å². The molecule has 0 aliphatic carbocycles. The fraction of sp³-hybridized carbons (Fsp3) is 0.250. The Hall–Kier alpha value is -0.157. The van der Waals surface area contributed by atoms with Gasteiger partial charge in [0.15, 0.2) is 0 Å². The van der Waals surface area contributed by atoms with Crippen molar-refractivity contribution in [3.63, 3.8) is 0 Å². The molecule has 0 radical (unpaired) electrons. The Balaban J connectivity index is 0.000000640. The van der Waals surface area contributed by atoms with Crippen LogP contribution in [0.4, 0.5) is 0 Å². The maximum Gasteiger partial charge on any atom is 0 e. The van der Waals surface area contributed by atoms with Crippen LogP contribution in [-0.4, -0.2) is 0 Å². The molecule has 0 nitrogen and oxygen atoms in total. The Morgan fingerprint density at radius 1 is 1.00 bits per heavy atom. The topological polar surface area (TPSA) is 0 Å². The average molecular weight is 207 g/mol. The molecule has 0 aliphatic heterocycles. The predicted octanol–water partition coefficient (Wildman–Crippen LogP) is 2.30. The molecule has 0 bridgehead atoms. The molecule has 0 aromatic heterocycles. The Bertz CT molecular complexity index is 164. The smallest absolute Gasteiger partial charge is 0 e. The van der Waals surface area contributed by atoms with Crippen molar-refractivity contribution in [2.45, 2.75) is 13.8 Å². The van der Waals surface area contributed by atoms with Crippen LogP contribution in [-0.2, 0) is 19.5 Å². The van der Waals surface area contributed by atoms with Gasteiger partial charge in [0.1, 0.15) is 0 Å². The number of hydrogen-bond donors (Lipinski definition) is 0. The van der Waals surface area contributed by atoms with Gasteiger partial charge in [-0.3, -0.25) is 0 Å². The molecule has 1 aromatic rings. The molecule has 0 atom stereocenters. The summed E-state index contributed by atoms with van der Waals surface area (Å²) in [6.45, 7) is 4.21. The fourth-order valence-corrected chi connectivity index (χ4v) is 0.807. The van der Waals surface area contributed by atoms with Crippen LogP contribution >= 0.6 is 0 Å². The van der Waals surface area contributed by atoms with Crippen LogP contribution in [0.1, 0.15) is 11.1 Å². The number of benzene rings is 1. The Labute approximate surface area is 69.0 Å². The largest absolute Gasteiger partial charge is 0.0617 e. The van der Waals surface area contributed by atoms with E-state index in [1.165, 1.54) is 11.1 Å². The number of hydrogen-bond acceptors (Lipinski definition) is 0. The first-order valence-corrected chi connectivity index (χ1v) is 2.82. The van der Waals surface area contributed by atoms with Crippen molar-refractivity contribution in [1.82, 2.24) is 0 Å². The zero-order valence-corrected chi connectivity index (χ0v) is 7.40. The minimum Gasteiger partial charge on any atom is -0.0617 e. The predicted molar refractivity (Wildman–Crippen MR) is 35.9 cm³/mol. The van der Waals surface area contributed by atoms with Crippen molar-refractivity contribution in [2.75, 3.05) is 0 Å². The normalized spacial score (nSPS) is 8.22. The molecular weight excluding hydrogens is 197 g/mol. The van der Waals surface area contributed by atoms with Gasteiger partial charge in [0, 0.05) is 19.5 Å². The van der Waals surface area contributed by atoms with Crippen LogP contribution < -0.4 is 0 Å². The Kier molecular flexibility index (Phi) is 3.73. The van der Waals surface area contributed by atoms with E-state index in [-0.39, 0.29) is 19.5 Å². The van der Waals surface area contributed by atoms with Crippen LogP contribution in [0.3, 0.4) is 0 Å². The second kappa shape index (κ2) is 3.79. The molecule has 1 aromatic carbocycles. The minimum absolute atomic E-state index is 0. The zero-order chi connectivity index (χ0) is 5.98. The molecule has 0 saturated heterocycles. The summed E-state index contributed by atoms with van der Waals surface area (Å²) >= 11 is 0. The van der Waals surface area contributed by atoms with Crippen molar-refractivity contribution in [3.05, 3.63) is 35.4 Å². The van der Waals surface area contributed by atoms with Gasteiger partial charge in [-0.1, -0.05) is 35.4 Å². The summed E-state index contributed by atoms with van der Waals surface area (Å²) in [5.41, 5.74) is 2.68. The molecule has 0 heterocycles. The SMILES string of the molecule is Cc1cccc(C)c1.[Ru]. The van der Waals surface area contributed by atoms with Crippen LogP contribution in [0.15, 0.2) is 24.3 Å². The summed E-state index contributed by atoms with van der Waals surface area (Å²) in [7, 11) is 0. The van der Waals surface area contributed by atoms with Crippen LogP contribution in [0.25, 0.3) is 0 Å². The van der Waals surface area contributed by atoms with Crippen molar-refractivity contribution in [2.24, 2.45) is 0 Å². The van der Waals surface area contributed by atoms with Crippen molar-refractivity contribution in [3.8, 4) is 0 Å². The summed E-state index contributed by atoms with van der Waals surface area (Å²) in [6, 6.07) is 8.45. The first kappa shape index (κ1) is 8.84. The summed E-state index contributed by atoms with van der Waals surface area (Å²) in [4.78, 5) is 0. The molecule has 1 heteroatoms. The van der Waals surface area contributed by atoms with E-state index in [4.69, 9.17) is 0 Å². The monoisotopic (exact) mass is 208 g/mol. The van der Waals surface area contributed by atoms with Crippen molar-refractivity contribution < 1.29 is 19.5 Å². The standard InChI is InChI=1S/C8H10.Ru/c1-7-4-3-5-8(2)6-7;/h3-6H,1-2H3;. The van der Waals surface area contributed by atoms with Crippen LogP contribution in [0.5, 0.6) is 0 Å². The molecule has 9 heavy (non-hydrogen) atoms. The van der Waals surface area contributed by atoms with E-state index in [2.05, 4.69) is 38.1 Å². The molecule has 1 rings (SSSR count). The Morgan fingerprint density at radius 2 is 1.44 bits per heavy atom. The van der Waals surface area contributed by atoms with E-state index in [0.29, 0.717) is 0 Å². The van der Waals surface area contributed by atoms with E-state index in [0.717, 1.165) is 0 Å². The molecule has 0 N–H and O–H groups in total. The van der Waals surface area contributed by atoms with E-state index in [1.54, 1.807) is 0 Å². The molecule has 50 valence electrons. The number of aryl methyl sites for hydroxylation is 2. The third-order valence-electron chi connectivity index (χ3n) is 1.17. The van der Waals surface area contributed by atoms with E-state index < -0.39 is 0 Å². The molecule has 0 amide bonds. The molecule has 0 unspecified atom stereocenters. The van der Waals surface area contributed by atoms with E-state index in [9.17, 15) is 0 Å². The Morgan fingerprint density at radius 3 is 1.67 bits per heavy atom. The van der Waals surface area contributed by atoms with Gasteiger partial charge in [0.25, 0.3) is 0 Å². The van der Waals surface area contributed by atoms with Gasteiger partial charge in [0.2, 0.25) is 0 Å². The molecule has 0 fully saturated rings. The zero-order valence-electron chi connectivity index (χ0n) is 5.66. The third-order valence-corrected chi connectivity index (χ3v) is 1.17. The second-order valence-corrected chi connectivity index (χ2v) is 2.16. The fourth-order valence-electron chi connectivity index (χ4n) is 0.807. The molecular formula is C8H10Ru. The summed E-state index contributed by atoms with van der Waals surface area (Å²) in [5.74, 6) is 0. The van der Waals surface area contributed by atoms with Crippen LogP contribution in [0, 0.1) is 13.8 Å². The first-order valence-electron chi connectivity index (χ1n) is 2.82. The molecule has 0 saturated carbocycles. The summed E-state index contributed by atoms with van der Waals surface area (Å²) < 4.78 is 0. The van der Waals surface area contributed by atoms with Crippen molar-refractivity contribution in [1.29, 1.82) is 0 Å². The summed E-state index contributed by atoms with van der Waals surface area (Å²) in [6.07, 6.45) is 0. The van der Waals surface area contributed by atoms with E-state index >= 15 is 0 Å². The average Bonchev–Trinajstić information content (AvgIpc) is 1.64. The quantitative estimate of drug-likeness (QED) is 0.573. The summed E-state index contributed by atoms with van der Waals surface area (Å²) in [5, 5.41) is 0. The minimum atomic E-state index is 0. The number of rotatable bonds is 0. The van der Waals surface area contributed by atoms with Gasteiger partial charge < -0.3 is 0 Å². The molecule has 0 spiro atoms. The third kappa shape index (κ3) is 2.76. The van der Waals surface area contributed by atoms with Gasteiger partial charge in [-0.25, -0.2) is 0 Å². The van der Waals surface area contributed by atoms with Gasteiger partial charge >= 0.3 is 0 Å². The van der Waals surface area contributed by atoms with Gasteiger partial charge in [-0.2, -0.15) is 0 Å². The first-order chi connectivity index (χ1) is 3.79. The van der Waals surface area contributed by atoms with Crippen LogP contribution in [0.2, 0.25) is 0 Å². The van der Waals surface area contributed by atoms with Gasteiger partial charge in [-0.05, 0) is 13.8 Å². The maximum atomic E-state index is 2.17. The maximum absolute atomic E-state index is 2.17. The van der Waals surface area contributed by atoms with Crippen molar-refractivity contribution >= 4 is 0 Å². The van der Waals surface area contributed by atoms with Gasteiger partial charge in [0.05, 0.1) is 0 Å².